The van der Waals surface area contributed by atoms with E-state index in [1.54, 1.807) is 13.3 Å². The van der Waals surface area contributed by atoms with Gasteiger partial charge in [-0.1, -0.05) is 42.5 Å². The summed E-state index contributed by atoms with van der Waals surface area (Å²) < 4.78 is 7.00. The normalized spacial score (nSPS) is 10.4. The van der Waals surface area contributed by atoms with Crippen molar-refractivity contribution in [3.63, 3.8) is 0 Å². The van der Waals surface area contributed by atoms with Crippen molar-refractivity contribution in [2.24, 2.45) is 0 Å². The van der Waals surface area contributed by atoms with Gasteiger partial charge >= 0.3 is 5.97 Å². The number of esters is 1. The molecule has 0 aliphatic rings. The molecule has 4 nitrogen and oxygen atoms in total. The predicted molar refractivity (Wildman–Crippen MR) is 82.2 cm³/mol. The number of hydrogen-bond acceptors (Lipinski definition) is 3. The van der Waals surface area contributed by atoms with Crippen molar-refractivity contribution in [1.82, 2.24) is 9.55 Å². The number of allylic oxidation sites excluding steroid dienone is 1. The Labute approximate surface area is 125 Å². The van der Waals surface area contributed by atoms with Gasteiger partial charge in [0.25, 0.3) is 0 Å². The van der Waals surface area contributed by atoms with Crippen LogP contribution in [0.4, 0.5) is 0 Å². The second-order valence-corrected chi connectivity index (χ2v) is 5.01. The van der Waals surface area contributed by atoms with E-state index in [0.29, 0.717) is 25.3 Å². The molecule has 2 aromatic rings. The van der Waals surface area contributed by atoms with Gasteiger partial charge in [0.15, 0.2) is 5.69 Å². The molecule has 1 aromatic carbocycles. The smallest absolute Gasteiger partial charge is 0.356 e. The lowest BCUT2D eigenvalue weighted by Gasteiger charge is -2.09. The number of ether oxygens (including phenoxy) is 1. The van der Waals surface area contributed by atoms with Gasteiger partial charge in [-0.3, -0.25) is 0 Å². The van der Waals surface area contributed by atoms with Gasteiger partial charge in [0, 0.05) is 13.0 Å². The highest BCUT2D eigenvalue weighted by atomic mass is 16.5. The third-order valence-electron chi connectivity index (χ3n) is 3.05. The van der Waals surface area contributed by atoms with Crippen LogP contribution in [0.5, 0.6) is 0 Å². The molecule has 0 saturated carbocycles. The second-order valence-electron chi connectivity index (χ2n) is 5.01. The molecule has 0 atom stereocenters. The van der Waals surface area contributed by atoms with Crippen molar-refractivity contribution < 1.29 is 9.53 Å². The summed E-state index contributed by atoms with van der Waals surface area (Å²) in [5.74, 6) is -0.331. The number of carbonyl (C=O) groups is 1. The Morgan fingerprint density at radius 2 is 2.05 bits per heavy atom. The lowest BCUT2D eigenvalue weighted by Crippen LogP contribution is -2.14. The molecule has 2 rings (SSSR count). The predicted octanol–water partition coefficient (Wildman–Crippen LogP) is 3.23. The maximum Gasteiger partial charge on any atom is 0.356 e. The van der Waals surface area contributed by atoms with E-state index >= 15 is 0 Å². The van der Waals surface area contributed by atoms with E-state index < -0.39 is 0 Å². The van der Waals surface area contributed by atoms with E-state index in [-0.39, 0.29) is 5.97 Å². The van der Waals surface area contributed by atoms with Gasteiger partial charge in [0.1, 0.15) is 0 Å². The number of carbonyl (C=O) groups excluding carboxylic acids is 1. The van der Waals surface area contributed by atoms with Crippen LogP contribution in [0.1, 0.15) is 35.6 Å². The van der Waals surface area contributed by atoms with E-state index in [4.69, 9.17) is 4.74 Å². The highest BCUT2D eigenvalue weighted by Gasteiger charge is 2.19. The largest absolute Gasteiger partial charge is 0.461 e. The molecule has 1 heterocycles. The lowest BCUT2D eigenvalue weighted by atomic mass is 10.1. The second kappa shape index (κ2) is 6.88. The molecule has 1 aromatic heterocycles. The minimum Gasteiger partial charge on any atom is -0.461 e. The summed E-state index contributed by atoms with van der Waals surface area (Å²) in [6, 6.07) is 9.97. The Balaban J connectivity index is 2.34. The summed E-state index contributed by atoms with van der Waals surface area (Å²) in [7, 11) is 0. The van der Waals surface area contributed by atoms with Gasteiger partial charge in [0.2, 0.25) is 0 Å². The fourth-order valence-electron chi connectivity index (χ4n) is 2.17. The van der Waals surface area contributed by atoms with Crippen LogP contribution in [0.25, 0.3) is 0 Å². The molecule has 21 heavy (non-hydrogen) atoms. The summed E-state index contributed by atoms with van der Waals surface area (Å²) in [6.45, 7) is 8.55. The van der Waals surface area contributed by atoms with Gasteiger partial charge in [-0.25, -0.2) is 9.78 Å². The van der Waals surface area contributed by atoms with Crippen LogP contribution in [0.2, 0.25) is 0 Å². The van der Waals surface area contributed by atoms with Gasteiger partial charge < -0.3 is 9.30 Å². The van der Waals surface area contributed by atoms with Crippen molar-refractivity contribution in [3.05, 3.63) is 65.8 Å². The fourth-order valence-corrected chi connectivity index (χ4v) is 2.17. The molecule has 0 saturated heterocycles. The van der Waals surface area contributed by atoms with E-state index in [1.165, 1.54) is 0 Å². The van der Waals surface area contributed by atoms with Crippen LogP contribution in [0, 0.1) is 0 Å². The van der Waals surface area contributed by atoms with E-state index in [9.17, 15) is 4.79 Å². The van der Waals surface area contributed by atoms with Crippen molar-refractivity contribution in [2.75, 3.05) is 6.61 Å². The molecule has 110 valence electrons. The molecule has 0 fully saturated rings. The molecular formula is C17H20N2O2. The zero-order valence-electron chi connectivity index (χ0n) is 12.5. The van der Waals surface area contributed by atoms with Crippen molar-refractivity contribution >= 4 is 5.97 Å². The minimum absolute atomic E-state index is 0.331. The average Bonchev–Trinajstić information content (AvgIpc) is 2.82. The maximum absolute atomic E-state index is 12.2. The lowest BCUT2D eigenvalue weighted by molar-refractivity contribution is 0.0513. The minimum atomic E-state index is -0.331. The van der Waals surface area contributed by atoms with Gasteiger partial charge in [-0.05, 0) is 19.4 Å². The third-order valence-corrected chi connectivity index (χ3v) is 3.05. The number of rotatable bonds is 6. The maximum atomic E-state index is 12.2. The summed E-state index contributed by atoms with van der Waals surface area (Å²) in [5, 5.41) is 0. The zero-order chi connectivity index (χ0) is 15.2. The monoisotopic (exact) mass is 284 g/mol. The first-order chi connectivity index (χ1) is 10.1. The first-order valence-electron chi connectivity index (χ1n) is 7.01. The Kier molecular flexibility index (Phi) is 4.93. The number of hydrogen-bond donors (Lipinski definition) is 0. The van der Waals surface area contributed by atoms with E-state index in [0.717, 1.165) is 16.8 Å². The number of aromatic nitrogens is 2. The van der Waals surface area contributed by atoms with Gasteiger partial charge in [0.05, 0.1) is 18.6 Å². The molecule has 0 aliphatic carbocycles. The zero-order valence-corrected chi connectivity index (χ0v) is 12.5. The van der Waals surface area contributed by atoms with Crippen molar-refractivity contribution in [3.8, 4) is 0 Å². The van der Waals surface area contributed by atoms with Crippen LogP contribution >= 0.6 is 0 Å². The number of nitrogens with zero attached hydrogens (tertiary/aromatic N) is 2. The van der Waals surface area contributed by atoms with E-state index in [1.807, 2.05) is 41.8 Å². The average molecular weight is 284 g/mol. The molecule has 0 aliphatic heterocycles. The molecule has 0 bridgehead atoms. The van der Waals surface area contributed by atoms with Crippen molar-refractivity contribution in [2.45, 2.75) is 26.8 Å². The first-order valence-corrected chi connectivity index (χ1v) is 7.01. The van der Waals surface area contributed by atoms with Crippen LogP contribution in [-0.4, -0.2) is 22.1 Å². The molecule has 0 unspecified atom stereocenters. The van der Waals surface area contributed by atoms with Crippen molar-refractivity contribution in [1.29, 1.82) is 0 Å². The fraction of sp³-hybridized carbons (Fsp3) is 0.294. The van der Waals surface area contributed by atoms with Crippen LogP contribution in [0.3, 0.4) is 0 Å². The molecule has 0 radical (unpaired) electrons. The highest BCUT2D eigenvalue weighted by molar-refractivity contribution is 5.89. The van der Waals surface area contributed by atoms with Crippen LogP contribution < -0.4 is 0 Å². The van der Waals surface area contributed by atoms with Gasteiger partial charge in [-0.2, -0.15) is 0 Å². The first kappa shape index (κ1) is 15.0. The van der Waals surface area contributed by atoms with Crippen LogP contribution in [0.15, 0.2) is 48.8 Å². The summed E-state index contributed by atoms with van der Waals surface area (Å²) in [5.41, 5.74) is 3.31. The molecule has 0 N–H and O–H groups in total. The van der Waals surface area contributed by atoms with Crippen LogP contribution in [-0.2, 0) is 17.7 Å². The Bertz CT molecular complexity index is 629. The Morgan fingerprint density at radius 1 is 1.33 bits per heavy atom. The van der Waals surface area contributed by atoms with E-state index in [2.05, 4.69) is 11.6 Å². The third kappa shape index (κ3) is 3.81. The summed E-state index contributed by atoms with van der Waals surface area (Å²) >= 11 is 0. The standard InChI is InChI=1S/C17H20N2O2/c1-4-21-17(20)16-15(10-13(2)3)18-12-19(16)11-14-8-6-5-7-9-14/h5-9,12H,2,4,10-11H2,1,3H3. The molecule has 0 spiro atoms. The SMILES string of the molecule is C=C(C)Cc1ncn(Cc2ccccc2)c1C(=O)OCC. The Hall–Kier alpha value is -2.36. The molecule has 4 heteroatoms. The number of imidazole rings is 1. The molecular weight excluding hydrogens is 264 g/mol. The highest BCUT2D eigenvalue weighted by Crippen LogP contribution is 2.15. The molecule has 0 amide bonds. The summed E-state index contributed by atoms with van der Waals surface area (Å²) in [4.78, 5) is 16.6. The quantitative estimate of drug-likeness (QED) is 0.604. The topological polar surface area (TPSA) is 44.1 Å². The number of benzene rings is 1. The van der Waals surface area contributed by atoms with Gasteiger partial charge in [-0.15, -0.1) is 0 Å². The summed E-state index contributed by atoms with van der Waals surface area (Å²) in [6.07, 6.45) is 2.27. The Morgan fingerprint density at radius 3 is 2.67 bits per heavy atom.